The summed E-state index contributed by atoms with van der Waals surface area (Å²) >= 11 is 8.21. The largest absolute Gasteiger partial charge is 0.416 e. The molecule has 1 aromatic carbocycles. The molecule has 0 saturated carbocycles. The van der Waals surface area contributed by atoms with Gasteiger partial charge >= 0.3 is 6.18 Å². The highest BCUT2D eigenvalue weighted by atomic mass is 79.9. The van der Waals surface area contributed by atoms with Gasteiger partial charge < -0.3 is 0 Å². The lowest BCUT2D eigenvalue weighted by Gasteiger charge is -2.10. The lowest BCUT2D eigenvalue weighted by atomic mass is 10.1. The molecular formula is C9H4BrClF4O. The topological polar surface area (TPSA) is 17.1 Å². The molecule has 0 aromatic heterocycles. The Kier molecular flexibility index (Phi) is 3.96. The average molecular weight is 319 g/mol. The molecule has 0 spiro atoms. The third-order valence-electron chi connectivity index (χ3n) is 1.77. The van der Waals surface area contributed by atoms with Crippen molar-refractivity contribution < 1.29 is 22.4 Å². The van der Waals surface area contributed by atoms with Crippen molar-refractivity contribution in [1.29, 1.82) is 0 Å². The van der Waals surface area contributed by atoms with Gasteiger partial charge in [0.25, 0.3) is 0 Å². The summed E-state index contributed by atoms with van der Waals surface area (Å²) in [6, 6.07) is 0.780. The first-order valence-electron chi connectivity index (χ1n) is 3.92. The standard InChI is InChI=1S/C9H4BrClF4O/c10-3-7(16)8-5(11)1-4(2-6(8)12)9(13,14)15/h1-2H,3H2. The molecule has 1 nitrogen and oxygen atoms in total. The van der Waals surface area contributed by atoms with Crippen LogP contribution in [0.1, 0.15) is 15.9 Å². The van der Waals surface area contributed by atoms with Crippen LogP contribution in [0.3, 0.4) is 0 Å². The molecule has 1 aromatic rings. The Morgan fingerprint density at radius 1 is 1.38 bits per heavy atom. The van der Waals surface area contributed by atoms with E-state index < -0.39 is 33.9 Å². The molecule has 0 aliphatic rings. The summed E-state index contributed by atoms with van der Waals surface area (Å²) < 4.78 is 50.0. The van der Waals surface area contributed by atoms with Crippen molar-refractivity contribution in [3.8, 4) is 0 Å². The van der Waals surface area contributed by atoms with Crippen molar-refractivity contribution in [2.75, 3.05) is 5.33 Å². The van der Waals surface area contributed by atoms with E-state index in [1.165, 1.54) is 0 Å². The summed E-state index contributed by atoms with van der Waals surface area (Å²) in [6.45, 7) is 0. The highest BCUT2D eigenvalue weighted by Gasteiger charge is 2.32. The van der Waals surface area contributed by atoms with Crippen molar-refractivity contribution in [3.05, 3.63) is 34.1 Å². The molecule has 16 heavy (non-hydrogen) atoms. The predicted molar refractivity (Wildman–Crippen MR) is 54.5 cm³/mol. The lowest BCUT2D eigenvalue weighted by molar-refractivity contribution is -0.137. The fraction of sp³-hybridized carbons (Fsp3) is 0.222. The molecule has 0 N–H and O–H groups in total. The van der Waals surface area contributed by atoms with Gasteiger partial charge in [0, 0.05) is 0 Å². The van der Waals surface area contributed by atoms with Gasteiger partial charge in [-0.05, 0) is 12.1 Å². The van der Waals surface area contributed by atoms with E-state index in [2.05, 4.69) is 15.9 Å². The van der Waals surface area contributed by atoms with Gasteiger partial charge in [0.15, 0.2) is 5.78 Å². The molecule has 7 heteroatoms. The van der Waals surface area contributed by atoms with Gasteiger partial charge in [-0.1, -0.05) is 27.5 Å². The number of Topliss-reactive ketones (excluding diaryl/α,β-unsaturated/α-hetero) is 1. The Hall–Kier alpha value is -0.620. The van der Waals surface area contributed by atoms with Crippen molar-refractivity contribution in [2.45, 2.75) is 6.18 Å². The summed E-state index contributed by atoms with van der Waals surface area (Å²) in [6.07, 6.45) is -4.69. The van der Waals surface area contributed by atoms with Gasteiger partial charge in [0.1, 0.15) is 5.82 Å². The molecule has 0 aliphatic carbocycles. The molecule has 0 unspecified atom stereocenters. The van der Waals surface area contributed by atoms with Gasteiger partial charge in [-0.3, -0.25) is 4.79 Å². The molecule has 0 saturated heterocycles. The van der Waals surface area contributed by atoms with Crippen LogP contribution in [0.25, 0.3) is 0 Å². The molecule has 0 aliphatic heterocycles. The van der Waals surface area contributed by atoms with Gasteiger partial charge in [0.05, 0.1) is 21.5 Å². The van der Waals surface area contributed by atoms with Crippen LogP contribution >= 0.6 is 27.5 Å². The number of alkyl halides is 4. The lowest BCUT2D eigenvalue weighted by Crippen LogP contribution is -2.10. The Bertz CT molecular complexity index is 407. The third kappa shape index (κ3) is 2.74. The number of rotatable bonds is 2. The summed E-state index contributed by atoms with van der Waals surface area (Å²) in [5.74, 6) is -1.99. The molecule has 0 radical (unpaired) electrons. The number of carbonyl (C=O) groups is 1. The zero-order valence-electron chi connectivity index (χ0n) is 7.54. The SMILES string of the molecule is O=C(CBr)c1c(F)cc(C(F)(F)F)cc1Cl. The Labute approximate surface area is 102 Å². The van der Waals surface area contributed by atoms with Crippen LogP contribution in [0.4, 0.5) is 17.6 Å². The Morgan fingerprint density at radius 2 is 1.94 bits per heavy atom. The predicted octanol–water partition coefficient (Wildman–Crippen LogP) is 4.08. The highest BCUT2D eigenvalue weighted by Crippen LogP contribution is 2.33. The summed E-state index contributed by atoms with van der Waals surface area (Å²) in [4.78, 5) is 11.2. The minimum absolute atomic E-state index is 0.213. The molecule has 0 amide bonds. The number of carbonyl (C=O) groups excluding carboxylic acids is 1. The Balaban J connectivity index is 3.34. The van der Waals surface area contributed by atoms with Crippen LogP contribution in [-0.4, -0.2) is 11.1 Å². The van der Waals surface area contributed by atoms with Crippen LogP contribution in [-0.2, 0) is 6.18 Å². The van der Waals surface area contributed by atoms with Gasteiger partial charge in [-0.25, -0.2) is 4.39 Å². The number of hydrogen-bond donors (Lipinski definition) is 0. The van der Waals surface area contributed by atoms with Crippen LogP contribution in [0.2, 0.25) is 5.02 Å². The van der Waals surface area contributed by atoms with Crippen molar-refractivity contribution >= 4 is 33.3 Å². The van der Waals surface area contributed by atoms with Crippen molar-refractivity contribution in [3.63, 3.8) is 0 Å². The van der Waals surface area contributed by atoms with Crippen molar-refractivity contribution in [2.24, 2.45) is 0 Å². The van der Waals surface area contributed by atoms with Gasteiger partial charge in [-0.2, -0.15) is 13.2 Å². The number of benzene rings is 1. The fourth-order valence-corrected chi connectivity index (χ4v) is 1.66. The maximum absolute atomic E-state index is 13.3. The molecule has 0 bridgehead atoms. The van der Waals surface area contributed by atoms with Gasteiger partial charge in [0.2, 0.25) is 0 Å². The maximum Gasteiger partial charge on any atom is 0.416 e. The van der Waals surface area contributed by atoms with Gasteiger partial charge in [-0.15, -0.1) is 0 Å². The molecule has 0 fully saturated rings. The monoisotopic (exact) mass is 318 g/mol. The van der Waals surface area contributed by atoms with E-state index in [4.69, 9.17) is 11.6 Å². The van der Waals surface area contributed by atoms with E-state index in [0.717, 1.165) is 0 Å². The zero-order chi connectivity index (χ0) is 12.5. The quantitative estimate of drug-likeness (QED) is 0.456. The molecule has 0 heterocycles. The number of ketones is 1. The first-order valence-corrected chi connectivity index (χ1v) is 5.42. The number of halogens is 6. The summed E-state index contributed by atoms with van der Waals surface area (Å²) in [7, 11) is 0. The second-order valence-electron chi connectivity index (χ2n) is 2.87. The average Bonchev–Trinajstić information content (AvgIpc) is 2.14. The number of hydrogen-bond acceptors (Lipinski definition) is 1. The van der Waals surface area contributed by atoms with E-state index in [1.54, 1.807) is 0 Å². The third-order valence-corrected chi connectivity index (χ3v) is 2.58. The van der Waals surface area contributed by atoms with E-state index in [9.17, 15) is 22.4 Å². The smallest absolute Gasteiger partial charge is 0.293 e. The minimum Gasteiger partial charge on any atom is -0.293 e. The fourth-order valence-electron chi connectivity index (χ4n) is 1.07. The molecule has 1 rings (SSSR count). The highest BCUT2D eigenvalue weighted by molar-refractivity contribution is 9.09. The van der Waals surface area contributed by atoms with Crippen LogP contribution < -0.4 is 0 Å². The maximum atomic E-state index is 13.3. The first-order chi connectivity index (χ1) is 7.27. The molecule has 0 atom stereocenters. The van der Waals surface area contributed by atoms with Crippen LogP contribution in [0, 0.1) is 5.82 Å². The Morgan fingerprint density at radius 3 is 2.31 bits per heavy atom. The molecule has 88 valence electrons. The summed E-state index contributed by atoms with van der Waals surface area (Å²) in [5.41, 5.74) is -1.76. The van der Waals surface area contributed by atoms with E-state index in [0.29, 0.717) is 6.07 Å². The van der Waals surface area contributed by atoms with E-state index in [1.807, 2.05) is 0 Å². The second-order valence-corrected chi connectivity index (χ2v) is 3.84. The second kappa shape index (κ2) is 4.71. The first kappa shape index (κ1) is 13.4. The van der Waals surface area contributed by atoms with Crippen molar-refractivity contribution in [1.82, 2.24) is 0 Å². The summed E-state index contributed by atoms with van der Waals surface area (Å²) in [5, 5.41) is -0.758. The zero-order valence-corrected chi connectivity index (χ0v) is 9.88. The minimum atomic E-state index is -4.69. The normalized spacial score (nSPS) is 11.6. The van der Waals surface area contributed by atoms with E-state index >= 15 is 0 Å². The van der Waals surface area contributed by atoms with Crippen LogP contribution in [0.15, 0.2) is 12.1 Å². The molecular weight excluding hydrogens is 315 g/mol. The van der Waals surface area contributed by atoms with Crippen LogP contribution in [0.5, 0.6) is 0 Å². The van der Waals surface area contributed by atoms with E-state index in [-0.39, 0.29) is 11.4 Å².